The predicted molar refractivity (Wildman–Crippen MR) is 142 cm³/mol. The predicted octanol–water partition coefficient (Wildman–Crippen LogP) is 3.59. The van der Waals surface area contributed by atoms with Crippen LogP contribution in [0.4, 0.5) is 10.3 Å². The van der Waals surface area contributed by atoms with E-state index in [4.69, 9.17) is 16.3 Å². The molecule has 0 aliphatic carbocycles. The lowest BCUT2D eigenvalue weighted by Gasteiger charge is -2.21. The fourth-order valence-corrected chi connectivity index (χ4v) is 4.21. The van der Waals surface area contributed by atoms with E-state index < -0.39 is 36.0 Å². The highest BCUT2D eigenvalue weighted by atomic mass is 35.5. The van der Waals surface area contributed by atoms with Crippen molar-refractivity contribution in [1.29, 1.82) is 0 Å². The molecule has 0 fully saturated rings. The molecule has 38 heavy (non-hydrogen) atoms. The van der Waals surface area contributed by atoms with Gasteiger partial charge in [0, 0.05) is 36.3 Å². The van der Waals surface area contributed by atoms with Crippen molar-refractivity contribution < 1.29 is 19.0 Å². The Labute approximate surface area is 223 Å². The molecule has 0 aliphatic rings. The van der Waals surface area contributed by atoms with Crippen molar-refractivity contribution >= 4 is 29.0 Å². The zero-order chi connectivity index (χ0) is 27.6. The van der Waals surface area contributed by atoms with Crippen LogP contribution in [0.3, 0.4) is 0 Å². The maximum absolute atomic E-state index is 14.0. The summed E-state index contributed by atoms with van der Waals surface area (Å²) in [5.41, 5.74) is 1.29. The minimum atomic E-state index is -0.931. The number of nitrogens with zero attached hydrogens (tertiary/aromatic N) is 4. The van der Waals surface area contributed by atoms with Crippen LogP contribution in [0, 0.1) is 5.82 Å². The van der Waals surface area contributed by atoms with Crippen molar-refractivity contribution in [2.75, 3.05) is 19.0 Å². The van der Waals surface area contributed by atoms with Crippen molar-refractivity contribution in [3.63, 3.8) is 0 Å². The fourth-order valence-electron chi connectivity index (χ4n) is 4.01. The Bertz CT molecular complexity index is 1540. The number of nitrogens with one attached hydrogen (secondary N) is 2. The summed E-state index contributed by atoms with van der Waals surface area (Å²) < 4.78 is 21.9. The van der Waals surface area contributed by atoms with Gasteiger partial charge in [-0.05, 0) is 44.5 Å². The maximum Gasteiger partial charge on any atom is 0.275 e. The molecule has 2 atom stereocenters. The van der Waals surface area contributed by atoms with Gasteiger partial charge in [0.05, 0.1) is 36.7 Å². The highest BCUT2D eigenvalue weighted by Crippen LogP contribution is 2.28. The molecule has 1 aromatic carbocycles. The molecule has 0 aliphatic heterocycles. The topological polar surface area (TPSA) is 123 Å². The van der Waals surface area contributed by atoms with E-state index in [2.05, 4.69) is 20.6 Å². The lowest BCUT2D eigenvalue weighted by atomic mass is 10.1. The molecule has 0 saturated carbocycles. The summed E-state index contributed by atoms with van der Waals surface area (Å²) in [6.07, 6.45) is 6.36. The quantitative estimate of drug-likeness (QED) is 0.295. The number of aromatic nitrogens is 4. The number of methoxy groups -OCH3 is 1. The first-order valence-electron chi connectivity index (χ1n) is 11.9. The van der Waals surface area contributed by atoms with Gasteiger partial charge in [0.15, 0.2) is 0 Å². The summed E-state index contributed by atoms with van der Waals surface area (Å²) in [7, 11) is 1.39. The highest BCUT2D eigenvalue weighted by molar-refractivity contribution is 6.32. The Morgan fingerprint density at radius 1 is 1.21 bits per heavy atom. The SMILES string of the molecule is COc1cc(F)cc([C@@H](CO)NC(=O)[C@@H](C)n2ccn3cc(-c4nc(NC(C)C)ncc4Cl)cc3c2=O)c1. The average Bonchev–Trinajstić information content (AvgIpc) is 3.32. The second-order valence-electron chi connectivity index (χ2n) is 9.07. The summed E-state index contributed by atoms with van der Waals surface area (Å²) in [5.74, 6) is -0.440. The summed E-state index contributed by atoms with van der Waals surface area (Å²) in [6, 6.07) is 3.85. The van der Waals surface area contributed by atoms with E-state index in [0.29, 0.717) is 33.3 Å². The maximum atomic E-state index is 14.0. The zero-order valence-corrected chi connectivity index (χ0v) is 22.0. The van der Waals surface area contributed by atoms with Gasteiger partial charge in [-0.1, -0.05) is 11.6 Å². The van der Waals surface area contributed by atoms with Crippen molar-refractivity contribution in [3.8, 4) is 17.0 Å². The summed E-state index contributed by atoms with van der Waals surface area (Å²) in [6.45, 7) is 5.00. The van der Waals surface area contributed by atoms with E-state index >= 15 is 0 Å². The van der Waals surface area contributed by atoms with Crippen LogP contribution >= 0.6 is 11.6 Å². The van der Waals surface area contributed by atoms with Crippen LogP contribution in [0.15, 0.2) is 53.8 Å². The van der Waals surface area contributed by atoms with Gasteiger partial charge < -0.3 is 29.4 Å². The van der Waals surface area contributed by atoms with Gasteiger partial charge in [-0.25, -0.2) is 14.4 Å². The second-order valence-corrected chi connectivity index (χ2v) is 9.47. The molecule has 12 heteroatoms. The molecule has 0 radical (unpaired) electrons. The smallest absolute Gasteiger partial charge is 0.275 e. The third-order valence-electron chi connectivity index (χ3n) is 5.95. The number of halogens is 2. The van der Waals surface area contributed by atoms with Crippen LogP contribution in [-0.2, 0) is 4.79 Å². The number of fused-ring (bicyclic) bond motifs is 1. The number of rotatable bonds is 9. The third kappa shape index (κ3) is 5.63. The molecule has 4 rings (SSSR count). The fraction of sp³-hybridized carbons (Fsp3) is 0.308. The van der Waals surface area contributed by atoms with Crippen LogP contribution in [0.1, 0.15) is 38.4 Å². The first-order valence-corrected chi connectivity index (χ1v) is 12.3. The Balaban J connectivity index is 1.62. The molecule has 4 aromatic rings. The van der Waals surface area contributed by atoms with Gasteiger partial charge in [0.25, 0.3) is 5.56 Å². The number of aliphatic hydroxyl groups is 1. The lowest BCUT2D eigenvalue weighted by Crippen LogP contribution is -2.39. The second kappa shape index (κ2) is 11.2. The first-order chi connectivity index (χ1) is 18.1. The normalized spacial score (nSPS) is 12.9. The van der Waals surface area contributed by atoms with E-state index in [9.17, 15) is 19.1 Å². The number of benzene rings is 1. The first kappa shape index (κ1) is 27.1. The molecule has 0 saturated heterocycles. The molecular weight excluding hydrogens is 515 g/mol. The standard InChI is InChI=1S/C26H28ClFN6O4/c1-14(2)30-26-29-11-20(27)23(32-26)17-9-22-25(37)34(6-5-33(22)12-17)15(3)24(36)31-21(13-35)16-7-18(28)10-19(8-16)38-4/h5-12,14-15,21,35H,13H2,1-4H3,(H,31,36)(H,29,30,32)/t15-,21-/m1/s1. The molecule has 10 nitrogen and oxygen atoms in total. The van der Waals surface area contributed by atoms with Crippen molar-refractivity contribution in [1.82, 2.24) is 24.3 Å². The van der Waals surface area contributed by atoms with Crippen molar-refractivity contribution in [3.05, 3.63) is 75.8 Å². The molecule has 3 heterocycles. The van der Waals surface area contributed by atoms with Crippen molar-refractivity contribution in [2.45, 2.75) is 38.9 Å². The zero-order valence-electron chi connectivity index (χ0n) is 21.3. The largest absolute Gasteiger partial charge is 0.497 e. The van der Waals surface area contributed by atoms with Gasteiger partial charge in [-0.2, -0.15) is 0 Å². The Kier molecular flexibility index (Phi) is 7.98. The number of amides is 1. The van der Waals surface area contributed by atoms with Crippen LogP contribution < -0.4 is 20.9 Å². The van der Waals surface area contributed by atoms with Gasteiger partial charge in [-0.15, -0.1) is 0 Å². The van der Waals surface area contributed by atoms with E-state index in [1.54, 1.807) is 29.8 Å². The number of carbonyl (C=O) groups is 1. The van der Waals surface area contributed by atoms with Crippen LogP contribution in [0.2, 0.25) is 5.02 Å². The summed E-state index contributed by atoms with van der Waals surface area (Å²) in [4.78, 5) is 35.1. The Hall–Kier alpha value is -3.96. The third-order valence-corrected chi connectivity index (χ3v) is 6.23. The number of aliphatic hydroxyl groups excluding tert-OH is 1. The van der Waals surface area contributed by atoms with Crippen LogP contribution in [0.25, 0.3) is 16.8 Å². The summed E-state index contributed by atoms with van der Waals surface area (Å²) >= 11 is 6.35. The highest BCUT2D eigenvalue weighted by Gasteiger charge is 2.23. The molecule has 0 unspecified atom stereocenters. The van der Waals surface area contributed by atoms with Crippen LogP contribution in [0.5, 0.6) is 5.75 Å². The monoisotopic (exact) mass is 542 g/mol. The molecule has 0 bridgehead atoms. The van der Waals surface area contributed by atoms with E-state index in [-0.39, 0.29) is 11.8 Å². The minimum Gasteiger partial charge on any atom is -0.497 e. The molecule has 0 spiro atoms. The number of anilines is 1. The van der Waals surface area contributed by atoms with E-state index in [0.717, 1.165) is 0 Å². The molecular formula is C26H28ClFN6O4. The van der Waals surface area contributed by atoms with Gasteiger partial charge in [0.1, 0.15) is 23.1 Å². The lowest BCUT2D eigenvalue weighted by molar-refractivity contribution is -0.125. The van der Waals surface area contributed by atoms with E-state index in [1.807, 2.05) is 13.8 Å². The number of ether oxygens (including phenoxy) is 1. The molecule has 3 aromatic heterocycles. The van der Waals surface area contributed by atoms with Crippen LogP contribution in [-0.4, -0.2) is 49.7 Å². The van der Waals surface area contributed by atoms with Gasteiger partial charge >= 0.3 is 0 Å². The molecule has 200 valence electrons. The minimum absolute atomic E-state index is 0.116. The van der Waals surface area contributed by atoms with Crippen molar-refractivity contribution in [2.24, 2.45) is 0 Å². The Morgan fingerprint density at radius 2 is 1.97 bits per heavy atom. The number of carbonyl (C=O) groups excluding carboxylic acids is 1. The number of hydrogen-bond acceptors (Lipinski definition) is 7. The number of hydrogen-bond donors (Lipinski definition) is 3. The van der Waals surface area contributed by atoms with Gasteiger partial charge in [0.2, 0.25) is 11.9 Å². The summed E-state index contributed by atoms with van der Waals surface area (Å²) in [5, 5.41) is 16.0. The van der Waals surface area contributed by atoms with E-state index in [1.165, 1.54) is 42.3 Å². The molecule has 3 N–H and O–H groups in total. The van der Waals surface area contributed by atoms with Gasteiger partial charge in [-0.3, -0.25) is 9.59 Å². The average molecular weight is 543 g/mol. The Morgan fingerprint density at radius 3 is 2.66 bits per heavy atom. The molecule has 1 amide bonds.